The number of carbonyl (C=O) groups excluding carboxylic acids is 1. The van der Waals surface area contributed by atoms with Gasteiger partial charge in [0.15, 0.2) is 0 Å². The van der Waals surface area contributed by atoms with E-state index in [0.717, 1.165) is 43.0 Å². The fourth-order valence-corrected chi connectivity index (χ4v) is 4.37. The van der Waals surface area contributed by atoms with Gasteiger partial charge in [-0.15, -0.1) is 11.3 Å². The van der Waals surface area contributed by atoms with Crippen LogP contribution in [-0.4, -0.2) is 26.1 Å². The van der Waals surface area contributed by atoms with Crippen LogP contribution >= 0.6 is 11.3 Å². The van der Waals surface area contributed by atoms with E-state index in [2.05, 4.69) is 31.5 Å². The predicted molar refractivity (Wildman–Crippen MR) is 124 cm³/mol. The van der Waals surface area contributed by atoms with E-state index in [9.17, 15) is 4.79 Å². The van der Waals surface area contributed by atoms with Crippen molar-refractivity contribution in [3.8, 4) is 21.7 Å². The number of rotatable bonds is 5. The van der Waals surface area contributed by atoms with Crippen molar-refractivity contribution < 1.29 is 4.79 Å². The second-order valence-electron chi connectivity index (χ2n) is 7.23. The number of aryl methyl sites for hydroxylation is 1. The number of nitrogens with zero attached hydrogens (tertiary/aromatic N) is 3. The van der Waals surface area contributed by atoms with Crippen molar-refractivity contribution in [1.82, 2.24) is 20.2 Å². The number of H-pyrrole nitrogens is 1. The molecule has 0 atom stereocenters. The Hall–Kier alpha value is -3.84. The molecule has 5 rings (SSSR count). The third kappa shape index (κ3) is 4.08. The van der Waals surface area contributed by atoms with E-state index in [1.54, 1.807) is 23.7 Å². The summed E-state index contributed by atoms with van der Waals surface area (Å²) in [5.41, 5.74) is 3.92. The van der Waals surface area contributed by atoms with E-state index in [1.165, 1.54) is 0 Å². The molecule has 1 amide bonds. The van der Waals surface area contributed by atoms with Crippen molar-refractivity contribution in [1.29, 1.82) is 0 Å². The van der Waals surface area contributed by atoms with E-state index >= 15 is 0 Å². The summed E-state index contributed by atoms with van der Waals surface area (Å²) < 4.78 is 0. The lowest BCUT2D eigenvalue weighted by atomic mass is 10.1. The quantitative estimate of drug-likeness (QED) is 0.403. The van der Waals surface area contributed by atoms with E-state index in [0.29, 0.717) is 5.82 Å². The maximum atomic E-state index is 12.7. The minimum Gasteiger partial charge on any atom is -0.310 e. The molecule has 0 aliphatic rings. The molecule has 0 fully saturated rings. The smallest absolute Gasteiger partial charge is 0.231 e. The minimum absolute atomic E-state index is 0.133. The normalized spacial score (nSPS) is 11.0. The largest absolute Gasteiger partial charge is 0.310 e. The van der Waals surface area contributed by atoms with Crippen LogP contribution in [0.1, 0.15) is 10.6 Å². The van der Waals surface area contributed by atoms with Crippen LogP contribution in [0.25, 0.3) is 32.5 Å². The highest BCUT2D eigenvalue weighted by molar-refractivity contribution is 7.15. The number of fused-ring (bicyclic) bond motifs is 1. The highest BCUT2D eigenvalue weighted by atomic mass is 32.1. The Morgan fingerprint density at radius 1 is 1.00 bits per heavy atom. The molecular formula is C24H19N5OS. The first-order chi connectivity index (χ1) is 15.2. The van der Waals surface area contributed by atoms with Crippen LogP contribution in [0.15, 0.2) is 73.2 Å². The molecule has 0 bridgehead atoms. The van der Waals surface area contributed by atoms with Crippen molar-refractivity contribution >= 4 is 33.8 Å². The number of hydrogen-bond acceptors (Lipinski definition) is 5. The molecular weight excluding hydrogens is 406 g/mol. The van der Waals surface area contributed by atoms with Crippen LogP contribution in [0.2, 0.25) is 0 Å². The first kappa shape index (κ1) is 19.1. The summed E-state index contributed by atoms with van der Waals surface area (Å²) in [5, 5.41) is 12.7. The molecule has 0 aliphatic heterocycles. The summed E-state index contributed by atoms with van der Waals surface area (Å²) in [6.07, 6.45) is 5.62. The number of aromatic nitrogens is 4. The van der Waals surface area contributed by atoms with Gasteiger partial charge in [-0.25, -0.2) is 9.97 Å². The van der Waals surface area contributed by atoms with Gasteiger partial charge in [-0.2, -0.15) is 5.10 Å². The second kappa shape index (κ2) is 8.12. The first-order valence-electron chi connectivity index (χ1n) is 9.86. The van der Waals surface area contributed by atoms with Gasteiger partial charge < -0.3 is 5.32 Å². The summed E-state index contributed by atoms with van der Waals surface area (Å²) in [7, 11) is 0. The molecule has 0 unspecified atom stereocenters. The lowest BCUT2D eigenvalue weighted by Gasteiger charge is -2.06. The molecule has 0 spiro atoms. The summed E-state index contributed by atoms with van der Waals surface area (Å²) in [6.45, 7) is 2.00. The van der Waals surface area contributed by atoms with E-state index in [4.69, 9.17) is 0 Å². The van der Waals surface area contributed by atoms with Gasteiger partial charge in [0, 0.05) is 33.8 Å². The molecule has 2 aromatic carbocycles. The van der Waals surface area contributed by atoms with E-state index in [-0.39, 0.29) is 12.3 Å². The van der Waals surface area contributed by atoms with Gasteiger partial charge in [-0.3, -0.25) is 9.89 Å². The third-order valence-electron chi connectivity index (χ3n) is 5.06. The van der Waals surface area contributed by atoms with Crippen LogP contribution in [0, 0.1) is 6.92 Å². The van der Waals surface area contributed by atoms with Crippen molar-refractivity contribution in [2.24, 2.45) is 0 Å². The number of aromatic amines is 1. The predicted octanol–water partition coefficient (Wildman–Crippen LogP) is 5.24. The highest BCUT2D eigenvalue weighted by Gasteiger charge is 2.14. The molecule has 31 heavy (non-hydrogen) atoms. The number of pyridine rings is 1. The van der Waals surface area contributed by atoms with Gasteiger partial charge in [0.05, 0.1) is 18.3 Å². The number of nitrogens with one attached hydrogen (secondary N) is 2. The Morgan fingerprint density at radius 3 is 2.68 bits per heavy atom. The van der Waals surface area contributed by atoms with Gasteiger partial charge in [0.1, 0.15) is 10.8 Å². The zero-order valence-electron chi connectivity index (χ0n) is 16.8. The fraction of sp³-hybridized carbons (Fsp3) is 0.0833. The molecule has 152 valence electrons. The summed E-state index contributed by atoms with van der Waals surface area (Å²) in [4.78, 5) is 22.8. The molecule has 5 aromatic rings. The van der Waals surface area contributed by atoms with E-state index < -0.39 is 0 Å². The van der Waals surface area contributed by atoms with Gasteiger partial charge >= 0.3 is 0 Å². The third-order valence-corrected chi connectivity index (χ3v) is 6.12. The van der Waals surface area contributed by atoms with Gasteiger partial charge in [0.2, 0.25) is 5.91 Å². The zero-order valence-corrected chi connectivity index (χ0v) is 17.6. The van der Waals surface area contributed by atoms with Crippen LogP contribution in [-0.2, 0) is 11.2 Å². The van der Waals surface area contributed by atoms with Gasteiger partial charge in [0.25, 0.3) is 0 Å². The molecule has 2 N–H and O–H groups in total. The fourth-order valence-electron chi connectivity index (χ4n) is 3.43. The molecule has 3 heterocycles. The van der Waals surface area contributed by atoms with Gasteiger partial charge in [-0.1, -0.05) is 42.5 Å². The van der Waals surface area contributed by atoms with Crippen molar-refractivity contribution in [2.45, 2.75) is 13.3 Å². The monoisotopic (exact) mass is 425 g/mol. The highest BCUT2D eigenvalue weighted by Crippen LogP contribution is 2.28. The topological polar surface area (TPSA) is 83.6 Å². The van der Waals surface area contributed by atoms with Crippen molar-refractivity contribution in [3.05, 3.63) is 83.8 Å². The zero-order chi connectivity index (χ0) is 21.2. The summed E-state index contributed by atoms with van der Waals surface area (Å²) in [5.74, 6) is 0.392. The number of anilines is 1. The molecule has 0 radical (unpaired) electrons. The SMILES string of the molecule is Cc1sc(-c2ccccc2)nc1CC(=O)Nc1cc2cc(-c3cn[nH]c3)ccc2cn1. The van der Waals surface area contributed by atoms with Crippen LogP contribution in [0.5, 0.6) is 0 Å². The van der Waals surface area contributed by atoms with Crippen molar-refractivity contribution in [2.75, 3.05) is 5.32 Å². The lowest BCUT2D eigenvalue weighted by molar-refractivity contribution is -0.115. The summed E-state index contributed by atoms with van der Waals surface area (Å²) >= 11 is 1.60. The number of thiazole rings is 1. The van der Waals surface area contributed by atoms with E-state index in [1.807, 2.05) is 61.7 Å². The second-order valence-corrected chi connectivity index (χ2v) is 8.43. The van der Waals surface area contributed by atoms with Crippen LogP contribution < -0.4 is 5.32 Å². The number of benzene rings is 2. The molecule has 0 saturated carbocycles. The van der Waals surface area contributed by atoms with Crippen molar-refractivity contribution in [3.63, 3.8) is 0 Å². The number of hydrogen-bond donors (Lipinski definition) is 2. The molecule has 3 aromatic heterocycles. The Bertz CT molecular complexity index is 1360. The maximum absolute atomic E-state index is 12.7. The molecule has 7 heteroatoms. The maximum Gasteiger partial charge on any atom is 0.231 e. The molecule has 0 aliphatic carbocycles. The summed E-state index contributed by atoms with van der Waals surface area (Å²) in [6, 6.07) is 18.0. The molecule has 0 saturated heterocycles. The standard InChI is InChI=1S/C24H19N5OS/c1-15-21(28-24(31-15)16-5-3-2-4-6-16)11-23(30)29-22-10-19-9-17(20-13-26-27-14-20)7-8-18(19)12-25-22/h2-10,12-14H,11H2,1H3,(H,26,27)(H,25,29,30). The minimum atomic E-state index is -0.133. The average Bonchev–Trinajstić information content (AvgIpc) is 3.44. The van der Waals surface area contributed by atoms with Crippen LogP contribution in [0.3, 0.4) is 0 Å². The number of amides is 1. The number of carbonyl (C=O) groups is 1. The average molecular weight is 426 g/mol. The Labute approximate surface area is 183 Å². The first-order valence-corrected chi connectivity index (χ1v) is 10.7. The lowest BCUT2D eigenvalue weighted by Crippen LogP contribution is -2.16. The van der Waals surface area contributed by atoms with Crippen LogP contribution in [0.4, 0.5) is 5.82 Å². The van der Waals surface area contributed by atoms with Gasteiger partial charge in [-0.05, 0) is 30.0 Å². The molecule has 6 nitrogen and oxygen atoms in total. The Morgan fingerprint density at radius 2 is 1.87 bits per heavy atom. The Kier molecular flexibility index (Phi) is 5.01. The Balaban J connectivity index is 1.34.